The summed E-state index contributed by atoms with van der Waals surface area (Å²) in [6.07, 6.45) is 4.13. The van der Waals surface area contributed by atoms with E-state index < -0.39 is 0 Å². The fourth-order valence-electron chi connectivity index (χ4n) is 2.69. The first kappa shape index (κ1) is 11.6. The summed E-state index contributed by atoms with van der Waals surface area (Å²) in [5.41, 5.74) is 1.25. The van der Waals surface area contributed by atoms with Crippen molar-refractivity contribution < 1.29 is 0 Å². The monoisotopic (exact) mass is 251 g/mol. The zero-order valence-corrected chi connectivity index (χ0v) is 11.3. The lowest BCUT2D eigenvalue weighted by Gasteiger charge is -2.23. The van der Waals surface area contributed by atoms with Gasteiger partial charge in [0.1, 0.15) is 0 Å². The molecule has 94 valence electrons. The number of hydrogen-bond acceptors (Lipinski definition) is 4. The summed E-state index contributed by atoms with van der Waals surface area (Å²) in [5.74, 6) is 0.952. The van der Waals surface area contributed by atoms with Gasteiger partial charge in [-0.25, -0.2) is 4.98 Å². The van der Waals surface area contributed by atoms with Gasteiger partial charge in [-0.05, 0) is 45.2 Å². The largest absolute Gasteiger partial charge is 0.312 e. The zero-order valence-electron chi connectivity index (χ0n) is 10.5. The van der Waals surface area contributed by atoms with Crippen LogP contribution in [0.2, 0.25) is 0 Å². The first-order valence-corrected chi connectivity index (χ1v) is 7.56. The number of aryl methyl sites for hydroxylation is 1. The summed E-state index contributed by atoms with van der Waals surface area (Å²) in [7, 11) is 0. The normalized spacial score (nSPS) is 27.0. The molecule has 1 aliphatic carbocycles. The van der Waals surface area contributed by atoms with Gasteiger partial charge in [0.15, 0.2) is 0 Å². The third kappa shape index (κ3) is 3.06. The minimum Gasteiger partial charge on any atom is -0.312 e. The maximum Gasteiger partial charge on any atom is 0.0897 e. The zero-order chi connectivity index (χ0) is 11.7. The smallest absolute Gasteiger partial charge is 0.0897 e. The van der Waals surface area contributed by atoms with Gasteiger partial charge in [-0.1, -0.05) is 0 Å². The van der Waals surface area contributed by atoms with Crippen LogP contribution in [0.1, 0.15) is 30.0 Å². The van der Waals surface area contributed by atoms with Crippen LogP contribution in [0.15, 0.2) is 5.38 Å². The molecule has 1 aromatic heterocycles. The van der Waals surface area contributed by atoms with E-state index in [1.54, 1.807) is 11.3 Å². The summed E-state index contributed by atoms with van der Waals surface area (Å²) in [4.78, 5) is 7.16. The number of thiazole rings is 1. The van der Waals surface area contributed by atoms with Crippen LogP contribution < -0.4 is 5.32 Å². The molecule has 17 heavy (non-hydrogen) atoms. The van der Waals surface area contributed by atoms with E-state index in [1.807, 2.05) is 0 Å². The molecule has 2 aliphatic rings. The van der Waals surface area contributed by atoms with E-state index in [1.165, 1.54) is 49.6 Å². The molecule has 2 heterocycles. The van der Waals surface area contributed by atoms with Crippen LogP contribution in [0.4, 0.5) is 0 Å². The molecule has 1 aliphatic heterocycles. The lowest BCUT2D eigenvalue weighted by Crippen LogP contribution is -2.39. The lowest BCUT2D eigenvalue weighted by molar-refractivity contribution is 0.248. The SMILES string of the molecule is Cc1nc(CN2CCCNC(C3CC3)C2)cs1. The highest BCUT2D eigenvalue weighted by Crippen LogP contribution is 2.33. The van der Waals surface area contributed by atoms with Crippen LogP contribution in [0.5, 0.6) is 0 Å². The average molecular weight is 251 g/mol. The molecule has 0 spiro atoms. The van der Waals surface area contributed by atoms with Crippen LogP contribution in [-0.4, -0.2) is 35.6 Å². The Hall–Kier alpha value is -0.450. The van der Waals surface area contributed by atoms with Crippen molar-refractivity contribution in [2.45, 2.75) is 38.8 Å². The topological polar surface area (TPSA) is 28.2 Å². The Kier molecular flexibility index (Phi) is 3.45. The number of hydrogen-bond donors (Lipinski definition) is 1. The van der Waals surface area contributed by atoms with Gasteiger partial charge < -0.3 is 5.32 Å². The molecule has 1 saturated carbocycles. The molecular weight excluding hydrogens is 230 g/mol. The average Bonchev–Trinajstić information content (AvgIpc) is 3.07. The van der Waals surface area contributed by atoms with Crippen LogP contribution in [0.3, 0.4) is 0 Å². The molecule has 1 saturated heterocycles. The highest BCUT2D eigenvalue weighted by atomic mass is 32.1. The number of nitrogens with zero attached hydrogens (tertiary/aromatic N) is 2. The first-order valence-electron chi connectivity index (χ1n) is 6.68. The third-order valence-electron chi connectivity index (χ3n) is 3.76. The van der Waals surface area contributed by atoms with Crippen molar-refractivity contribution in [2.24, 2.45) is 5.92 Å². The summed E-state index contributed by atoms with van der Waals surface area (Å²) < 4.78 is 0. The Bertz CT molecular complexity index is 372. The van der Waals surface area contributed by atoms with Gasteiger partial charge in [-0.15, -0.1) is 11.3 Å². The standard InChI is InChI=1S/C13H21N3S/c1-10-15-12(9-17-10)7-16-6-2-5-14-13(8-16)11-3-4-11/h9,11,13-14H,2-8H2,1H3. The molecule has 3 nitrogen and oxygen atoms in total. The van der Waals surface area contributed by atoms with Crippen molar-refractivity contribution in [3.63, 3.8) is 0 Å². The van der Waals surface area contributed by atoms with Crippen LogP contribution in [0.25, 0.3) is 0 Å². The van der Waals surface area contributed by atoms with Crippen molar-refractivity contribution in [2.75, 3.05) is 19.6 Å². The van der Waals surface area contributed by atoms with Gasteiger partial charge in [0.25, 0.3) is 0 Å². The van der Waals surface area contributed by atoms with E-state index in [0.29, 0.717) is 0 Å². The summed E-state index contributed by atoms with van der Waals surface area (Å²) in [6, 6.07) is 0.734. The molecule has 0 bridgehead atoms. The maximum atomic E-state index is 4.58. The molecule has 2 fully saturated rings. The minimum atomic E-state index is 0.734. The summed E-state index contributed by atoms with van der Waals surface area (Å²) in [6.45, 7) is 6.74. The quantitative estimate of drug-likeness (QED) is 0.891. The molecule has 3 rings (SSSR count). The van der Waals surface area contributed by atoms with E-state index in [4.69, 9.17) is 0 Å². The predicted octanol–water partition coefficient (Wildman–Crippen LogP) is 2.03. The lowest BCUT2D eigenvalue weighted by atomic mass is 10.2. The van der Waals surface area contributed by atoms with Crippen LogP contribution >= 0.6 is 11.3 Å². The molecule has 1 aromatic rings. The Morgan fingerprint density at radius 2 is 2.41 bits per heavy atom. The Morgan fingerprint density at radius 3 is 3.12 bits per heavy atom. The molecule has 1 N–H and O–H groups in total. The Balaban J connectivity index is 1.60. The summed E-state index contributed by atoms with van der Waals surface area (Å²) in [5, 5.41) is 7.10. The van der Waals surface area contributed by atoms with E-state index >= 15 is 0 Å². The Morgan fingerprint density at radius 1 is 1.53 bits per heavy atom. The maximum absolute atomic E-state index is 4.58. The van der Waals surface area contributed by atoms with Crippen molar-refractivity contribution in [1.82, 2.24) is 15.2 Å². The number of aromatic nitrogens is 1. The molecule has 0 radical (unpaired) electrons. The number of nitrogens with one attached hydrogen (secondary N) is 1. The molecule has 0 amide bonds. The van der Waals surface area contributed by atoms with Gasteiger partial charge in [0, 0.05) is 24.5 Å². The van der Waals surface area contributed by atoms with Gasteiger partial charge in [-0.2, -0.15) is 0 Å². The second kappa shape index (κ2) is 5.04. The highest BCUT2D eigenvalue weighted by molar-refractivity contribution is 7.09. The summed E-state index contributed by atoms with van der Waals surface area (Å²) >= 11 is 1.76. The first-order chi connectivity index (χ1) is 8.31. The van der Waals surface area contributed by atoms with Crippen LogP contribution in [0, 0.1) is 12.8 Å². The predicted molar refractivity (Wildman–Crippen MR) is 71.3 cm³/mol. The van der Waals surface area contributed by atoms with Crippen molar-refractivity contribution >= 4 is 11.3 Å². The molecule has 1 unspecified atom stereocenters. The third-order valence-corrected chi connectivity index (χ3v) is 4.58. The van der Waals surface area contributed by atoms with E-state index in [9.17, 15) is 0 Å². The molecule has 1 atom stereocenters. The van der Waals surface area contributed by atoms with Gasteiger partial charge >= 0.3 is 0 Å². The molecule has 0 aromatic carbocycles. The van der Waals surface area contributed by atoms with Crippen molar-refractivity contribution in [3.8, 4) is 0 Å². The molecule has 4 heteroatoms. The van der Waals surface area contributed by atoms with Crippen molar-refractivity contribution in [3.05, 3.63) is 16.1 Å². The fraction of sp³-hybridized carbons (Fsp3) is 0.769. The number of rotatable bonds is 3. The fourth-order valence-corrected chi connectivity index (χ4v) is 3.30. The van der Waals surface area contributed by atoms with Gasteiger partial charge in [-0.3, -0.25) is 4.90 Å². The van der Waals surface area contributed by atoms with E-state index in [-0.39, 0.29) is 0 Å². The van der Waals surface area contributed by atoms with Gasteiger partial charge in [0.05, 0.1) is 10.7 Å². The molecular formula is C13H21N3S. The second-order valence-electron chi connectivity index (χ2n) is 5.34. The van der Waals surface area contributed by atoms with E-state index in [2.05, 4.69) is 27.5 Å². The van der Waals surface area contributed by atoms with Crippen molar-refractivity contribution in [1.29, 1.82) is 0 Å². The Labute approximate surface area is 107 Å². The van der Waals surface area contributed by atoms with Gasteiger partial charge in [0.2, 0.25) is 0 Å². The van der Waals surface area contributed by atoms with Crippen LogP contribution in [-0.2, 0) is 6.54 Å². The minimum absolute atomic E-state index is 0.734. The second-order valence-corrected chi connectivity index (χ2v) is 6.41. The highest BCUT2D eigenvalue weighted by Gasteiger charge is 2.33. The van der Waals surface area contributed by atoms with E-state index in [0.717, 1.165) is 18.5 Å².